The summed E-state index contributed by atoms with van der Waals surface area (Å²) >= 11 is 0. The lowest BCUT2D eigenvalue weighted by Crippen LogP contribution is -2.45. The van der Waals surface area contributed by atoms with Crippen LogP contribution in [0.2, 0.25) is 0 Å². The minimum Gasteiger partial charge on any atom is -0.481 e. The molecule has 1 aromatic carbocycles. The molecule has 1 aliphatic heterocycles. The third kappa shape index (κ3) is 5.32. The zero-order valence-electron chi connectivity index (χ0n) is 17.1. The number of aromatic nitrogens is 2. The summed E-state index contributed by atoms with van der Waals surface area (Å²) in [6, 6.07) is 8.36. The minimum atomic E-state index is -0.924. The first-order chi connectivity index (χ1) is 13.8. The van der Waals surface area contributed by atoms with Gasteiger partial charge in [0.25, 0.3) is 0 Å². The Labute approximate surface area is 170 Å². The molecule has 1 aromatic heterocycles. The molecule has 1 amide bonds. The van der Waals surface area contributed by atoms with Crippen LogP contribution in [-0.4, -0.2) is 57.5 Å². The fourth-order valence-electron chi connectivity index (χ4n) is 3.47. The maximum absolute atomic E-state index is 12.6. The van der Waals surface area contributed by atoms with Crippen molar-refractivity contribution in [1.82, 2.24) is 14.7 Å². The van der Waals surface area contributed by atoms with E-state index in [2.05, 4.69) is 36.3 Å². The van der Waals surface area contributed by atoms with Gasteiger partial charge >= 0.3 is 5.97 Å². The largest absolute Gasteiger partial charge is 0.481 e. The lowest BCUT2D eigenvalue weighted by Gasteiger charge is -2.31. The van der Waals surface area contributed by atoms with Gasteiger partial charge in [-0.3, -0.25) is 14.3 Å². The van der Waals surface area contributed by atoms with Gasteiger partial charge in [-0.05, 0) is 32.4 Å². The number of carboxylic acids is 1. The van der Waals surface area contributed by atoms with Crippen LogP contribution in [0.3, 0.4) is 0 Å². The smallest absolute Gasteiger partial charge is 0.306 e. The number of aryl methyl sites for hydroxylation is 2. The second-order valence-electron chi connectivity index (χ2n) is 7.44. The summed E-state index contributed by atoms with van der Waals surface area (Å²) in [5, 5.41) is 13.5. The lowest BCUT2D eigenvalue weighted by atomic mass is 10.1. The van der Waals surface area contributed by atoms with E-state index in [1.54, 1.807) is 11.0 Å². The molecule has 0 bridgehead atoms. The molecule has 29 heavy (non-hydrogen) atoms. The quantitative estimate of drug-likeness (QED) is 0.758. The second kappa shape index (κ2) is 9.05. The van der Waals surface area contributed by atoms with Crippen molar-refractivity contribution in [1.29, 1.82) is 0 Å². The van der Waals surface area contributed by atoms with Gasteiger partial charge in [-0.15, -0.1) is 0 Å². The highest BCUT2D eigenvalue weighted by Gasteiger charge is 2.25. The van der Waals surface area contributed by atoms with Crippen molar-refractivity contribution in [2.24, 2.45) is 0 Å². The third-order valence-corrected chi connectivity index (χ3v) is 5.14. The zero-order valence-corrected chi connectivity index (χ0v) is 17.1. The first-order valence-corrected chi connectivity index (χ1v) is 9.73. The number of rotatable bonds is 6. The Hall–Kier alpha value is -2.93. The normalized spacial score (nSPS) is 17.1. The summed E-state index contributed by atoms with van der Waals surface area (Å²) in [5.74, 6) is -1.07. The Morgan fingerprint density at radius 3 is 2.66 bits per heavy atom. The van der Waals surface area contributed by atoms with Crippen molar-refractivity contribution in [3.8, 4) is 0 Å². The van der Waals surface area contributed by atoms with Crippen LogP contribution in [0.25, 0.3) is 6.08 Å². The van der Waals surface area contributed by atoms with Gasteiger partial charge in [-0.1, -0.05) is 29.8 Å². The van der Waals surface area contributed by atoms with Gasteiger partial charge in [0.05, 0.1) is 31.4 Å². The average Bonchev–Trinajstić information content (AvgIpc) is 2.94. The van der Waals surface area contributed by atoms with Crippen LogP contribution in [0.5, 0.6) is 0 Å². The molecule has 1 saturated heterocycles. The Balaban J connectivity index is 1.68. The monoisotopic (exact) mass is 397 g/mol. The van der Waals surface area contributed by atoms with Crippen LogP contribution < -0.4 is 0 Å². The lowest BCUT2D eigenvalue weighted by molar-refractivity contribution is -0.145. The van der Waals surface area contributed by atoms with E-state index in [9.17, 15) is 9.59 Å². The molecule has 1 fully saturated rings. The summed E-state index contributed by atoms with van der Waals surface area (Å²) < 4.78 is 7.37. The van der Waals surface area contributed by atoms with Crippen molar-refractivity contribution in [2.45, 2.75) is 39.8 Å². The predicted octanol–water partition coefficient (Wildman–Crippen LogP) is 2.57. The SMILES string of the molecule is Cc1ccc(Cn2nc(C)c(C=CC(=O)N3CCOC(CC(=O)O)C3)c2C)cc1. The summed E-state index contributed by atoms with van der Waals surface area (Å²) in [6.07, 6.45) is 2.78. The number of ether oxygens (including phenoxy) is 1. The van der Waals surface area contributed by atoms with Crippen LogP contribution >= 0.6 is 0 Å². The Kier molecular flexibility index (Phi) is 6.49. The molecule has 0 aliphatic carbocycles. The van der Waals surface area contributed by atoms with Gasteiger partial charge in [0.15, 0.2) is 0 Å². The van der Waals surface area contributed by atoms with E-state index in [1.807, 2.05) is 18.5 Å². The third-order valence-electron chi connectivity index (χ3n) is 5.14. The van der Waals surface area contributed by atoms with E-state index >= 15 is 0 Å². The van der Waals surface area contributed by atoms with Crippen molar-refractivity contribution < 1.29 is 19.4 Å². The van der Waals surface area contributed by atoms with Crippen molar-refractivity contribution in [2.75, 3.05) is 19.7 Å². The summed E-state index contributed by atoms with van der Waals surface area (Å²) in [4.78, 5) is 25.1. The first-order valence-electron chi connectivity index (χ1n) is 9.73. The van der Waals surface area contributed by atoms with Crippen molar-refractivity contribution in [3.63, 3.8) is 0 Å². The fourth-order valence-corrected chi connectivity index (χ4v) is 3.47. The van der Waals surface area contributed by atoms with Gasteiger partial charge in [0.1, 0.15) is 0 Å². The van der Waals surface area contributed by atoms with Crippen LogP contribution in [-0.2, 0) is 20.9 Å². The van der Waals surface area contributed by atoms with Crippen LogP contribution in [0.4, 0.5) is 0 Å². The van der Waals surface area contributed by atoms with Crippen molar-refractivity contribution >= 4 is 18.0 Å². The van der Waals surface area contributed by atoms with E-state index in [1.165, 1.54) is 17.2 Å². The first kappa shape index (κ1) is 20.8. The van der Waals surface area contributed by atoms with Gasteiger partial charge in [-0.25, -0.2) is 0 Å². The highest BCUT2D eigenvalue weighted by molar-refractivity contribution is 5.92. The molecule has 0 spiro atoms. The average molecular weight is 397 g/mol. The summed E-state index contributed by atoms with van der Waals surface area (Å²) in [5.41, 5.74) is 5.19. The second-order valence-corrected chi connectivity index (χ2v) is 7.44. The Bertz CT molecular complexity index is 915. The molecule has 0 radical (unpaired) electrons. The number of nitrogens with zero attached hydrogens (tertiary/aromatic N) is 3. The van der Waals surface area contributed by atoms with Gasteiger partial charge in [0.2, 0.25) is 5.91 Å². The number of benzene rings is 1. The molecule has 1 unspecified atom stereocenters. The number of amides is 1. The van der Waals surface area contributed by atoms with E-state index in [0.717, 1.165) is 17.0 Å². The number of hydrogen-bond donors (Lipinski definition) is 1. The van der Waals surface area contributed by atoms with E-state index in [0.29, 0.717) is 26.2 Å². The molecular formula is C22H27N3O4. The maximum Gasteiger partial charge on any atom is 0.306 e. The van der Waals surface area contributed by atoms with Crippen molar-refractivity contribution in [3.05, 3.63) is 58.4 Å². The molecule has 7 heteroatoms. The standard InChI is InChI=1S/C22H27N3O4/c1-15-4-6-18(7-5-15)13-25-17(3)20(16(2)23-25)8-9-21(26)24-10-11-29-19(14-24)12-22(27)28/h4-9,19H,10-14H2,1-3H3,(H,27,28). The van der Waals surface area contributed by atoms with Crippen LogP contribution in [0.15, 0.2) is 30.3 Å². The van der Waals surface area contributed by atoms with E-state index in [-0.39, 0.29) is 12.3 Å². The van der Waals surface area contributed by atoms with Gasteiger partial charge in [0, 0.05) is 30.4 Å². The molecule has 154 valence electrons. The van der Waals surface area contributed by atoms with E-state index in [4.69, 9.17) is 9.84 Å². The molecule has 2 aromatic rings. The number of aliphatic carboxylic acids is 1. The minimum absolute atomic E-state index is 0.0997. The molecule has 2 heterocycles. The maximum atomic E-state index is 12.6. The molecule has 1 atom stereocenters. The Morgan fingerprint density at radius 2 is 1.97 bits per heavy atom. The molecule has 0 saturated carbocycles. The molecule has 1 N–H and O–H groups in total. The highest BCUT2D eigenvalue weighted by atomic mass is 16.5. The predicted molar refractivity (Wildman–Crippen MR) is 110 cm³/mol. The Morgan fingerprint density at radius 1 is 1.24 bits per heavy atom. The summed E-state index contributed by atoms with van der Waals surface area (Å²) in [7, 11) is 0. The zero-order chi connectivity index (χ0) is 21.0. The number of hydrogen-bond acceptors (Lipinski definition) is 4. The number of carbonyl (C=O) groups excluding carboxylic acids is 1. The number of carboxylic acid groups (broad SMARTS) is 1. The topological polar surface area (TPSA) is 84.7 Å². The molecule has 1 aliphatic rings. The fraction of sp³-hybridized carbons (Fsp3) is 0.409. The highest BCUT2D eigenvalue weighted by Crippen LogP contribution is 2.17. The van der Waals surface area contributed by atoms with E-state index < -0.39 is 12.1 Å². The number of morpholine rings is 1. The molecular weight excluding hydrogens is 370 g/mol. The van der Waals surface area contributed by atoms with Crippen LogP contribution in [0.1, 0.15) is 34.5 Å². The molecule has 3 rings (SSSR count). The molecule has 7 nitrogen and oxygen atoms in total. The summed E-state index contributed by atoms with van der Waals surface area (Å²) in [6.45, 7) is 7.77. The number of carbonyl (C=O) groups is 2. The van der Waals surface area contributed by atoms with Gasteiger partial charge < -0.3 is 14.7 Å². The van der Waals surface area contributed by atoms with Gasteiger partial charge in [-0.2, -0.15) is 5.10 Å². The van der Waals surface area contributed by atoms with Crippen LogP contribution in [0, 0.1) is 20.8 Å².